The molecule has 7 heteroatoms. The predicted octanol–water partition coefficient (Wildman–Crippen LogP) is 5.49. The van der Waals surface area contributed by atoms with E-state index in [1.54, 1.807) is 18.2 Å². The van der Waals surface area contributed by atoms with Crippen molar-refractivity contribution < 1.29 is 9.18 Å². The van der Waals surface area contributed by atoms with E-state index in [0.717, 1.165) is 31.0 Å². The van der Waals surface area contributed by atoms with Crippen LogP contribution in [0.5, 0.6) is 0 Å². The summed E-state index contributed by atoms with van der Waals surface area (Å²) in [5, 5.41) is 1.15. The van der Waals surface area contributed by atoms with Crippen molar-refractivity contribution in [2.75, 3.05) is 13.1 Å². The number of carbonyl (C=O) groups excluding carboxylic acids is 1. The Labute approximate surface area is 215 Å². The Bertz CT molecular complexity index is 1530. The summed E-state index contributed by atoms with van der Waals surface area (Å²) < 4.78 is 18.6. The average Bonchev–Trinajstić information content (AvgIpc) is 3.59. The highest BCUT2D eigenvalue weighted by Gasteiger charge is 2.28. The van der Waals surface area contributed by atoms with E-state index in [-0.39, 0.29) is 17.6 Å². The van der Waals surface area contributed by atoms with Gasteiger partial charge >= 0.3 is 0 Å². The van der Waals surface area contributed by atoms with Crippen LogP contribution in [0.1, 0.15) is 46.3 Å². The molecule has 1 fully saturated rings. The number of benzene rings is 3. The van der Waals surface area contributed by atoms with Crippen molar-refractivity contribution in [2.45, 2.75) is 31.8 Å². The molecule has 5 aromatic rings. The molecule has 0 radical (unpaired) electrons. The summed E-state index contributed by atoms with van der Waals surface area (Å²) in [5.41, 5.74) is 1.79. The van der Waals surface area contributed by atoms with E-state index in [9.17, 15) is 9.18 Å². The first-order chi connectivity index (χ1) is 18.2. The maximum Gasteiger partial charge on any atom is 0.254 e. The zero-order chi connectivity index (χ0) is 25.2. The molecule has 3 aromatic carbocycles. The molecule has 0 N–H and O–H groups in total. The second kappa shape index (κ2) is 10.0. The molecule has 1 amide bonds. The molecular weight excluding hydrogens is 465 g/mol. The third-order valence-corrected chi connectivity index (χ3v) is 7.31. The zero-order valence-corrected chi connectivity index (χ0v) is 20.5. The number of amides is 1. The van der Waals surface area contributed by atoms with Crippen LogP contribution < -0.4 is 0 Å². The van der Waals surface area contributed by atoms with E-state index < -0.39 is 0 Å². The fraction of sp³-hybridized carbons (Fsp3) is 0.233. The van der Waals surface area contributed by atoms with Gasteiger partial charge in [0.25, 0.3) is 5.91 Å². The van der Waals surface area contributed by atoms with Crippen LogP contribution in [-0.4, -0.2) is 43.0 Å². The van der Waals surface area contributed by atoms with E-state index >= 15 is 0 Å². The number of hydrogen-bond donors (Lipinski definition) is 0. The highest BCUT2D eigenvalue weighted by atomic mass is 19.1. The topological polar surface area (TPSA) is 56.0 Å². The van der Waals surface area contributed by atoms with Gasteiger partial charge < -0.3 is 14.0 Å². The van der Waals surface area contributed by atoms with Gasteiger partial charge in [-0.05, 0) is 35.9 Å². The minimum Gasteiger partial charge on any atom is -0.339 e. The molecule has 0 unspecified atom stereocenters. The number of imidazole rings is 2. The smallest absolute Gasteiger partial charge is 0.254 e. The Hall–Kier alpha value is -4.26. The second-order valence-corrected chi connectivity index (χ2v) is 9.58. The van der Waals surface area contributed by atoms with Crippen molar-refractivity contribution >= 4 is 16.7 Å². The van der Waals surface area contributed by atoms with E-state index in [0.29, 0.717) is 36.0 Å². The molecule has 186 valence electrons. The second-order valence-electron chi connectivity index (χ2n) is 9.58. The molecule has 0 aliphatic carbocycles. The van der Waals surface area contributed by atoms with Gasteiger partial charge in [-0.3, -0.25) is 4.79 Å². The summed E-state index contributed by atoms with van der Waals surface area (Å²) >= 11 is 0. The quantitative estimate of drug-likeness (QED) is 0.314. The van der Waals surface area contributed by atoms with Crippen LogP contribution in [0.25, 0.3) is 10.8 Å². The summed E-state index contributed by atoms with van der Waals surface area (Å²) in [5.74, 6) is 1.94. The number of fused-ring (bicyclic) bond motifs is 1. The maximum absolute atomic E-state index is 14.2. The number of hydrogen-bond acceptors (Lipinski definition) is 3. The number of nitrogens with zero attached hydrogens (tertiary/aromatic N) is 5. The Morgan fingerprint density at radius 3 is 2.32 bits per heavy atom. The minimum absolute atomic E-state index is 0.0408. The lowest BCUT2D eigenvalue weighted by Gasteiger charge is -2.32. The number of aromatic nitrogens is 4. The Balaban J connectivity index is 1.14. The van der Waals surface area contributed by atoms with Crippen LogP contribution in [-0.2, 0) is 13.1 Å². The molecule has 2 aromatic heterocycles. The van der Waals surface area contributed by atoms with Gasteiger partial charge in [-0.2, -0.15) is 0 Å². The van der Waals surface area contributed by atoms with Gasteiger partial charge in [0.1, 0.15) is 17.5 Å². The van der Waals surface area contributed by atoms with Crippen LogP contribution in [0.15, 0.2) is 91.5 Å². The minimum atomic E-state index is -0.304. The van der Waals surface area contributed by atoms with E-state index in [1.807, 2.05) is 47.9 Å². The summed E-state index contributed by atoms with van der Waals surface area (Å²) in [6, 6.07) is 20.5. The standard InChI is InChI=1S/C30H28FN5O/c31-27-11-10-26(24-8-4-5-9-25(24)27)30(37)34-16-12-23(13-17-34)29-33-15-19-36(29)21-28-32-14-18-35(28)20-22-6-2-1-3-7-22/h1-11,14-15,18-19,23H,12-13,16-17,20-21H2. The Morgan fingerprint density at radius 1 is 0.811 bits per heavy atom. The third-order valence-electron chi connectivity index (χ3n) is 7.31. The van der Waals surface area contributed by atoms with Gasteiger partial charge in [-0.1, -0.05) is 54.6 Å². The lowest BCUT2D eigenvalue weighted by atomic mass is 9.94. The lowest BCUT2D eigenvalue weighted by molar-refractivity contribution is 0.0712. The summed E-state index contributed by atoms with van der Waals surface area (Å²) in [7, 11) is 0. The lowest BCUT2D eigenvalue weighted by Crippen LogP contribution is -2.38. The largest absolute Gasteiger partial charge is 0.339 e. The van der Waals surface area contributed by atoms with Crippen molar-refractivity contribution in [1.29, 1.82) is 0 Å². The average molecular weight is 494 g/mol. The van der Waals surface area contributed by atoms with Crippen LogP contribution in [0, 0.1) is 5.82 Å². The summed E-state index contributed by atoms with van der Waals surface area (Å²) in [6.07, 6.45) is 9.39. The molecular formula is C30H28FN5O. The maximum atomic E-state index is 14.2. The van der Waals surface area contributed by atoms with Gasteiger partial charge in [0.15, 0.2) is 0 Å². The van der Waals surface area contributed by atoms with E-state index in [2.05, 4.69) is 38.4 Å². The van der Waals surface area contributed by atoms with Gasteiger partial charge in [0.05, 0.1) is 6.54 Å². The van der Waals surface area contributed by atoms with Gasteiger partial charge in [0.2, 0.25) is 0 Å². The van der Waals surface area contributed by atoms with Crippen molar-refractivity contribution in [3.8, 4) is 0 Å². The number of likely N-dealkylation sites (tertiary alicyclic amines) is 1. The highest BCUT2D eigenvalue weighted by molar-refractivity contribution is 6.07. The molecule has 0 atom stereocenters. The van der Waals surface area contributed by atoms with Crippen molar-refractivity contribution in [1.82, 2.24) is 24.0 Å². The zero-order valence-electron chi connectivity index (χ0n) is 20.5. The number of halogens is 1. The van der Waals surface area contributed by atoms with Crippen LogP contribution in [0.2, 0.25) is 0 Å². The fourth-order valence-corrected chi connectivity index (χ4v) is 5.34. The number of carbonyl (C=O) groups is 1. The van der Waals surface area contributed by atoms with E-state index in [4.69, 9.17) is 4.98 Å². The summed E-state index contributed by atoms with van der Waals surface area (Å²) in [6.45, 7) is 2.71. The molecule has 1 aliphatic rings. The number of rotatable bonds is 6. The predicted molar refractivity (Wildman–Crippen MR) is 141 cm³/mol. The highest BCUT2D eigenvalue weighted by Crippen LogP contribution is 2.30. The van der Waals surface area contributed by atoms with Gasteiger partial charge in [0, 0.05) is 61.3 Å². The van der Waals surface area contributed by atoms with Crippen LogP contribution in [0.4, 0.5) is 4.39 Å². The van der Waals surface area contributed by atoms with E-state index in [1.165, 1.54) is 11.6 Å². The molecule has 0 bridgehead atoms. The molecule has 6 rings (SSSR count). The first kappa shape index (κ1) is 23.2. The van der Waals surface area contributed by atoms with Crippen molar-refractivity contribution in [3.63, 3.8) is 0 Å². The molecule has 37 heavy (non-hydrogen) atoms. The summed E-state index contributed by atoms with van der Waals surface area (Å²) in [4.78, 5) is 24.5. The Morgan fingerprint density at radius 2 is 1.51 bits per heavy atom. The number of piperidine rings is 1. The normalized spacial score (nSPS) is 14.4. The molecule has 1 aliphatic heterocycles. The monoisotopic (exact) mass is 493 g/mol. The molecule has 0 spiro atoms. The molecule has 3 heterocycles. The first-order valence-corrected chi connectivity index (χ1v) is 12.7. The van der Waals surface area contributed by atoms with Gasteiger partial charge in [-0.15, -0.1) is 0 Å². The van der Waals surface area contributed by atoms with Crippen LogP contribution in [0.3, 0.4) is 0 Å². The molecule has 6 nitrogen and oxygen atoms in total. The van der Waals surface area contributed by atoms with Crippen LogP contribution >= 0.6 is 0 Å². The molecule has 0 saturated carbocycles. The third kappa shape index (κ3) is 4.65. The van der Waals surface area contributed by atoms with Crippen molar-refractivity contribution in [2.24, 2.45) is 0 Å². The SMILES string of the molecule is O=C(c1ccc(F)c2ccccc12)N1CCC(c2nccn2Cc2nccn2Cc2ccccc2)CC1. The first-order valence-electron chi connectivity index (χ1n) is 12.7. The van der Waals surface area contributed by atoms with Crippen molar-refractivity contribution in [3.05, 3.63) is 120 Å². The molecule has 1 saturated heterocycles. The fourth-order valence-electron chi connectivity index (χ4n) is 5.34. The van der Waals surface area contributed by atoms with Gasteiger partial charge in [-0.25, -0.2) is 14.4 Å². The Kier molecular flexibility index (Phi) is 6.26.